The molecular formula is C11H10N4S4. The molecule has 19 heavy (non-hydrogen) atoms. The third kappa shape index (κ3) is 2.91. The second kappa shape index (κ2) is 5.74. The van der Waals surface area contributed by atoms with E-state index in [1.165, 1.54) is 4.88 Å². The van der Waals surface area contributed by atoms with Crippen molar-refractivity contribution in [3.63, 3.8) is 0 Å². The van der Waals surface area contributed by atoms with Crippen LogP contribution in [0.2, 0.25) is 0 Å². The summed E-state index contributed by atoms with van der Waals surface area (Å²) in [5.41, 5.74) is 0. The SMILES string of the molecule is CCSc1nnc(Sc2ncnc3sc(C)cc23)s1. The second-order valence-corrected chi connectivity index (χ2v) is 8.58. The topological polar surface area (TPSA) is 51.6 Å². The van der Waals surface area contributed by atoms with Crippen LogP contribution in [0.3, 0.4) is 0 Å². The summed E-state index contributed by atoms with van der Waals surface area (Å²) in [6.45, 7) is 4.20. The largest absolute Gasteiger partial charge is 0.229 e. The van der Waals surface area contributed by atoms with E-state index in [4.69, 9.17) is 0 Å². The summed E-state index contributed by atoms with van der Waals surface area (Å²) in [5, 5.41) is 10.4. The van der Waals surface area contributed by atoms with Crippen LogP contribution in [0.1, 0.15) is 11.8 Å². The third-order valence-electron chi connectivity index (χ3n) is 2.26. The number of thiophene rings is 1. The van der Waals surface area contributed by atoms with Gasteiger partial charge in [-0.2, -0.15) is 0 Å². The molecule has 98 valence electrons. The van der Waals surface area contributed by atoms with Crippen LogP contribution in [0.25, 0.3) is 10.2 Å². The molecule has 0 unspecified atom stereocenters. The maximum Gasteiger partial charge on any atom is 0.181 e. The zero-order chi connectivity index (χ0) is 13.2. The fourth-order valence-corrected chi connectivity index (χ4v) is 5.35. The van der Waals surface area contributed by atoms with Gasteiger partial charge in [0.1, 0.15) is 16.2 Å². The van der Waals surface area contributed by atoms with Crippen molar-refractivity contribution in [1.82, 2.24) is 20.2 Å². The first-order valence-corrected chi connectivity index (χ1v) is 9.05. The molecule has 3 heterocycles. The predicted molar refractivity (Wildman–Crippen MR) is 82.6 cm³/mol. The maximum absolute atomic E-state index is 4.36. The molecule has 0 N–H and O–H groups in total. The van der Waals surface area contributed by atoms with Gasteiger partial charge in [-0.25, -0.2) is 9.97 Å². The molecule has 0 aliphatic carbocycles. The van der Waals surface area contributed by atoms with E-state index in [1.807, 2.05) is 0 Å². The molecule has 0 amide bonds. The number of rotatable bonds is 4. The zero-order valence-electron chi connectivity index (χ0n) is 10.3. The van der Waals surface area contributed by atoms with E-state index in [9.17, 15) is 0 Å². The second-order valence-electron chi connectivity index (χ2n) is 3.62. The van der Waals surface area contributed by atoms with Gasteiger partial charge in [-0.05, 0) is 30.5 Å². The molecule has 0 fully saturated rings. The van der Waals surface area contributed by atoms with Crippen molar-refractivity contribution in [3.8, 4) is 0 Å². The lowest BCUT2D eigenvalue weighted by atomic mass is 10.4. The smallest absolute Gasteiger partial charge is 0.181 e. The fourth-order valence-electron chi connectivity index (χ4n) is 1.54. The monoisotopic (exact) mass is 326 g/mol. The van der Waals surface area contributed by atoms with Crippen molar-refractivity contribution in [2.45, 2.75) is 27.6 Å². The fraction of sp³-hybridized carbons (Fsp3) is 0.273. The lowest BCUT2D eigenvalue weighted by Gasteiger charge is -1.96. The molecule has 0 spiro atoms. The molecule has 4 nitrogen and oxygen atoms in total. The van der Waals surface area contributed by atoms with Crippen molar-refractivity contribution >= 4 is 56.4 Å². The highest BCUT2D eigenvalue weighted by Crippen LogP contribution is 2.37. The summed E-state index contributed by atoms with van der Waals surface area (Å²) in [5.74, 6) is 1.01. The molecule has 0 radical (unpaired) electrons. The number of hydrogen-bond acceptors (Lipinski definition) is 8. The molecule has 0 aromatic carbocycles. The van der Waals surface area contributed by atoms with Crippen LogP contribution >= 0.6 is 46.2 Å². The molecule has 0 aliphatic heterocycles. The van der Waals surface area contributed by atoms with Crippen LogP contribution < -0.4 is 0 Å². The van der Waals surface area contributed by atoms with Gasteiger partial charge in [0.15, 0.2) is 8.68 Å². The average Bonchev–Trinajstić information content (AvgIpc) is 2.96. The quantitative estimate of drug-likeness (QED) is 0.531. The molecule has 8 heteroatoms. The maximum atomic E-state index is 4.36. The minimum atomic E-state index is 0.930. The van der Waals surface area contributed by atoms with Crippen molar-refractivity contribution in [2.24, 2.45) is 0 Å². The predicted octanol–water partition coefficient (Wildman–Crippen LogP) is 4.11. The van der Waals surface area contributed by atoms with Crippen LogP contribution in [0.4, 0.5) is 0 Å². The first-order valence-electron chi connectivity index (χ1n) is 5.61. The van der Waals surface area contributed by atoms with Gasteiger partial charge < -0.3 is 0 Å². The third-order valence-corrected chi connectivity index (χ3v) is 6.22. The van der Waals surface area contributed by atoms with E-state index >= 15 is 0 Å². The van der Waals surface area contributed by atoms with Crippen LogP contribution in [-0.4, -0.2) is 25.9 Å². The Bertz CT molecular complexity index is 706. The van der Waals surface area contributed by atoms with E-state index < -0.39 is 0 Å². The lowest BCUT2D eigenvalue weighted by Crippen LogP contribution is -1.82. The Hall–Kier alpha value is -0.700. The number of hydrogen-bond donors (Lipinski definition) is 0. The Morgan fingerprint density at radius 3 is 2.84 bits per heavy atom. The van der Waals surface area contributed by atoms with Gasteiger partial charge in [0.25, 0.3) is 0 Å². The number of aryl methyl sites for hydroxylation is 1. The molecule has 0 aliphatic rings. The van der Waals surface area contributed by atoms with Crippen molar-refractivity contribution < 1.29 is 0 Å². The number of aromatic nitrogens is 4. The highest BCUT2D eigenvalue weighted by atomic mass is 32.2. The lowest BCUT2D eigenvalue weighted by molar-refractivity contribution is 0.953. The summed E-state index contributed by atoms with van der Waals surface area (Å²) < 4.78 is 1.94. The van der Waals surface area contributed by atoms with E-state index in [0.717, 1.165) is 29.7 Å². The Balaban J connectivity index is 1.91. The summed E-state index contributed by atoms with van der Waals surface area (Å²) in [6.07, 6.45) is 1.61. The molecule has 3 aromatic rings. The zero-order valence-corrected chi connectivity index (χ0v) is 13.5. The average molecular weight is 326 g/mol. The van der Waals surface area contributed by atoms with Crippen LogP contribution in [0, 0.1) is 6.92 Å². The molecule has 0 saturated heterocycles. The molecule has 0 saturated carbocycles. The first-order chi connectivity index (χ1) is 9.26. The van der Waals surface area contributed by atoms with Gasteiger partial charge in [-0.3, -0.25) is 0 Å². The first kappa shape index (κ1) is 13.3. The minimum absolute atomic E-state index is 0.930. The molecule has 0 atom stereocenters. The highest BCUT2D eigenvalue weighted by Gasteiger charge is 2.11. The van der Waals surface area contributed by atoms with Crippen molar-refractivity contribution in [1.29, 1.82) is 0 Å². The van der Waals surface area contributed by atoms with Crippen LogP contribution in [0.15, 0.2) is 26.1 Å². The van der Waals surface area contributed by atoms with Crippen LogP contribution in [0.5, 0.6) is 0 Å². The van der Waals surface area contributed by atoms with Crippen molar-refractivity contribution in [3.05, 3.63) is 17.3 Å². The summed E-state index contributed by atoms with van der Waals surface area (Å²) in [7, 11) is 0. The summed E-state index contributed by atoms with van der Waals surface area (Å²) in [6, 6.07) is 2.13. The minimum Gasteiger partial charge on any atom is -0.229 e. The van der Waals surface area contributed by atoms with Gasteiger partial charge in [0.2, 0.25) is 0 Å². The normalized spacial score (nSPS) is 11.3. The molecule has 3 aromatic heterocycles. The Morgan fingerprint density at radius 1 is 1.16 bits per heavy atom. The van der Waals surface area contributed by atoms with Gasteiger partial charge in [-0.15, -0.1) is 21.5 Å². The number of fused-ring (bicyclic) bond motifs is 1. The van der Waals surface area contributed by atoms with E-state index in [0.29, 0.717) is 0 Å². The molecule has 0 bridgehead atoms. The summed E-state index contributed by atoms with van der Waals surface area (Å²) >= 11 is 6.58. The van der Waals surface area contributed by atoms with Gasteiger partial charge in [0, 0.05) is 10.3 Å². The Labute approximate surface area is 127 Å². The van der Waals surface area contributed by atoms with Gasteiger partial charge in [0.05, 0.1) is 0 Å². The highest BCUT2D eigenvalue weighted by molar-refractivity contribution is 8.03. The van der Waals surface area contributed by atoms with Gasteiger partial charge in [-0.1, -0.05) is 30.0 Å². The standard InChI is InChI=1S/C11H10N4S4/c1-3-16-10-14-15-11(19-10)18-9-7-4-6(2)17-8(7)12-5-13-9/h4-5H,3H2,1-2H3. The summed E-state index contributed by atoms with van der Waals surface area (Å²) in [4.78, 5) is 10.9. The number of thioether (sulfide) groups is 1. The number of nitrogens with zero attached hydrogens (tertiary/aromatic N) is 4. The molecule has 3 rings (SSSR count). The van der Waals surface area contributed by atoms with Gasteiger partial charge >= 0.3 is 0 Å². The molecular weight excluding hydrogens is 316 g/mol. The van der Waals surface area contributed by atoms with E-state index in [2.05, 4.69) is 40.1 Å². The van der Waals surface area contributed by atoms with Crippen molar-refractivity contribution in [2.75, 3.05) is 5.75 Å². The Morgan fingerprint density at radius 2 is 2.00 bits per heavy atom. The van der Waals surface area contributed by atoms with E-state index in [-0.39, 0.29) is 0 Å². The Kier molecular flexibility index (Phi) is 4.01. The van der Waals surface area contributed by atoms with Crippen LogP contribution in [-0.2, 0) is 0 Å². The van der Waals surface area contributed by atoms with E-state index in [1.54, 1.807) is 52.5 Å².